The fraction of sp³-hybridized carbons (Fsp3) is 0.500. The number of carbonyl (C=O) groups excluding carboxylic acids is 2. The molecule has 27 heavy (non-hydrogen) atoms. The Labute approximate surface area is 166 Å². The van der Waals surface area contributed by atoms with Gasteiger partial charge in [-0.15, -0.1) is 12.4 Å². The Morgan fingerprint density at radius 3 is 2.56 bits per heavy atom. The van der Waals surface area contributed by atoms with Gasteiger partial charge >= 0.3 is 0 Å². The van der Waals surface area contributed by atoms with Gasteiger partial charge in [-0.3, -0.25) is 9.59 Å². The fourth-order valence-corrected chi connectivity index (χ4v) is 3.57. The van der Waals surface area contributed by atoms with Crippen molar-refractivity contribution < 1.29 is 9.59 Å². The summed E-state index contributed by atoms with van der Waals surface area (Å²) in [5.74, 6) is 0.306. The van der Waals surface area contributed by atoms with E-state index >= 15 is 0 Å². The first-order valence-corrected chi connectivity index (χ1v) is 9.50. The molecule has 1 aromatic heterocycles. The van der Waals surface area contributed by atoms with Crippen LogP contribution in [0.2, 0.25) is 0 Å². The molecule has 0 unspecified atom stereocenters. The normalized spacial score (nSPS) is 14.6. The Morgan fingerprint density at radius 2 is 1.89 bits per heavy atom. The number of halogens is 1. The number of aromatic nitrogens is 1. The molecular formula is C20H29ClN4O2. The van der Waals surface area contributed by atoms with Gasteiger partial charge in [0.15, 0.2) is 0 Å². The Hall–Kier alpha value is -2.05. The number of fused-ring (bicyclic) bond motifs is 1. The molecule has 1 aliphatic heterocycles. The van der Waals surface area contributed by atoms with Crippen LogP contribution in [0.4, 0.5) is 5.69 Å². The molecule has 2 heterocycles. The molecule has 0 radical (unpaired) electrons. The summed E-state index contributed by atoms with van der Waals surface area (Å²) in [5.41, 5.74) is 1.82. The molecule has 0 bridgehead atoms. The van der Waals surface area contributed by atoms with Crippen LogP contribution >= 0.6 is 12.4 Å². The summed E-state index contributed by atoms with van der Waals surface area (Å²) in [6.07, 6.45) is 3.71. The molecule has 1 aromatic carbocycles. The van der Waals surface area contributed by atoms with Crippen LogP contribution in [0, 0.1) is 5.92 Å². The molecule has 1 fully saturated rings. The molecule has 1 saturated heterocycles. The minimum Gasteiger partial charge on any atom is -0.342 e. The van der Waals surface area contributed by atoms with Crippen LogP contribution in [0.25, 0.3) is 10.9 Å². The van der Waals surface area contributed by atoms with Crippen molar-refractivity contribution in [2.45, 2.75) is 33.2 Å². The van der Waals surface area contributed by atoms with Crippen LogP contribution in [0.15, 0.2) is 30.5 Å². The van der Waals surface area contributed by atoms with Crippen LogP contribution in [0.5, 0.6) is 0 Å². The zero-order valence-corrected chi connectivity index (χ0v) is 16.8. The second-order valence-corrected chi connectivity index (χ2v) is 6.80. The second-order valence-electron chi connectivity index (χ2n) is 6.80. The van der Waals surface area contributed by atoms with Crippen molar-refractivity contribution in [2.75, 3.05) is 31.5 Å². The maximum Gasteiger partial charge on any atom is 0.242 e. The van der Waals surface area contributed by atoms with Gasteiger partial charge in [0.05, 0.1) is 0 Å². The number of benzene rings is 1. The third-order valence-corrected chi connectivity index (χ3v) is 5.17. The molecule has 3 rings (SSSR count). The van der Waals surface area contributed by atoms with Crippen molar-refractivity contribution in [1.82, 2.24) is 14.8 Å². The number of anilines is 1. The molecule has 6 nitrogen and oxygen atoms in total. The highest BCUT2D eigenvalue weighted by Gasteiger charge is 2.21. The third kappa shape index (κ3) is 5.02. The number of likely N-dealkylation sites (N-methyl/N-ethyl adjacent to an activating group) is 1. The number of carbonyl (C=O) groups is 2. The molecule has 0 atom stereocenters. The Kier molecular flexibility index (Phi) is 7.68. The summed E-state index contributed by atoms with van der Waals surface area (Å²) in [6, 6.07) is 7.86. The number of amides is 2. The highest BCUT2D eigenvalue weighted by molar-refractivity contribution is 5.95. The van der Waals surface area contributed by atoms with Gasteiger partial charge in [0.1, 0.15) is 6.54 Å². The number of nitrogens with zero attached hydrogens (tertiary/aromatic N) is 2. The highest BCUT2D eigenvalue weighted by Crippen LogP contribution is 2.22. The topological polar surface area (TPSA) is 66.4 Å². The average Bonchev–Trinajstić information content (AvgIpc) is 3.05. The van der Waals surface area contributed by atoms with Gasteiger partial charge < -0.3 is 20.1 Å². The van der Waals surface area contributed by atoms with Crippen molar-refractivity contribution in [3.05, 3.63) is 30.5 Å². The van der Waals surface area contributed by atoms with Gasteiger partial charge in [-0.2, -0.15) is 0 Å². The maximum absolute atomic E-state index is 12.4. The Bertz CT molecular complexity index is 779. The van der Waals surface area contributed by atoms with Crippen molar-refractivity contribution in [2.24, 2.45) is 5.92 Å². The van der Waals surface area contributed by atoms with Crippen LogP contribution in [-0.2, 0) is 16.1 Å². The predicted octanol–water partition coefficient (Wildman–Crippen LogP) is 2.87. The molecule has 0 aliphatic carbocycles. The van der Waals surface area contributed by atoms with E-state index in [0.717, 1.165) is 55.6 Å². The smallest absolute Gasteiger partial charge is 0.242 e. The van der Waals surface area contributed by atoms with Crippen molar-refractivity contribution in [1.29, 1.82) is 0 Å². The molecule has 148 valence electrons. The molecule has 7 heteroatoms. The van der Waals surface area contributed by atoms with Crippen LogP contribution < -0.4 is 10.6 Å². The first-order valence-electron chi connectivity index (χ1n) is 9.50. The molecule has 1 aliphatic rings. The molecule has 2 aromatic rings. The second kappa shape index (κ2) is 9.76. The van der Waals surface area contributed by atoms with E-state index in [4.69, 9.17) is 0 Å². The lowest BCUT2D eigenvalue weighted by atomic mass is 9.97. The highest BCUT2D eigenvalue weighted by atomic mass is 35.5. The number of nitrogens with one attached hydrogen (secondary N) is 2. The summed E-state index contributed by atoms with van der Waals surface area (Å²) in [7, 11) is 0. The largest absolute Gasteiger partial charge is 0.342 e. The lowest BCUT2D eigenvalue weighted by Crippen LogP contribution is -2.34. The Morgan fingerprint density at radius 1 is 1.19 bits per heavy atom. The minimum absolute atomic E-state index is 0. The van der Waals surface area contributed by atoms with Gasteiger partial charge in [-0.1, -0.05) is 0 Å². The molecule has 0 spiro atoms. The van der Waals surface area contributed by atoms with E-state index in [-0.39, 0.29) is 30.1 Å². The summed E-state index contributed by atoms with van der Waals surface area (Å²) in [6.45, 7) is 7.58. The van der Waals surface area contributed by atoms with Crippen molar-refractivity contribution in [3.63, 3.8) is 0 Å². The summed E-state index contributed by atoms with van der Waals surface area (Å²) >= 11 is 0. The monoisotopic (exact) mass is 392 g/mol. The number of piperidine rings is 1. The van der Waals surface area contributed by atoms with Crippen molar-refractivity contribution in [3.8, 4) is 0 Å². The standard InChI is InChI=1S/C20H28N4O2.ClH/c1-3-23(4-2)19(25)14-24-12-9-16-13-17(5-6-18(16)24)22-20(26)15-7-10-21-11-8-15;/h5-6,9,12-13,15,21H,3-4,7-8,10-11,14H2,1-2H3,(H,22,26);1H. The van der Waals surface area contributed by atoms with E-state index in [2.05, 4.69) is 10.6 Å². The zero-order valence-electron chi connectivity index (χ0n) is 16.0. The van der Waals surface area contributed by atoms with E-state index in [1.165, 1.54) is 0 Å². The maximum atomic E-state index is 12.4. The number of hydrogen-bond donors (Lipinski definition) is 2. The summed E-state index contributed by atoms with van der Waals surface area (Å²) in [5, 5.41) is 7.35. The third-order valence-electron chi connectivity index (χ3n) is 5.17. The zero-order chi connectivity index (χ0) is 18.5. The molecule has 2 N–H and O–H groups in total. The molecule has 0 saturated carbocycles. The predicted molar refractivity (Wildman–Crippen MR) is 111 cm³/mol. The van der Waals surface area contributed by atoms with Gasteiger partial charge in [-0.25, -0.2) is 0 Å². The van der Waals surface area contributed by atoms with Crippen LogP contribution in [-0.4, -0.2) is 47.5 Å². The van der Waals surface area contributed by atoms with Gasteiger partial charge in [0, 0.05) is 41.8 Å². The minimum atomic E-state index is 0. The van der Waals surface area contributed by atoms with Crippen LogP contribution in [0.1, 0.15) is 26.7 Å². The van der Waals surface area contributed by atoms with Crippen molar-refractivity contribution >= 4 is 40.8 Å². The lowest BCUT2D eigenvalue weighted by Gasteiger charge is -2.21. The van der Waals surface area contributed by atoms with Crippen LogP contribution in [0.3, 0.4) is 0 Å². The molecular weight excluding hydrogens is 364 g/mol. The van der Waals surface area contributed by atoms with E-state index in [0.29, 0.717) is 6.54 Å². The van der Waals surface area contributed by atoms with Gasteiger partial charge in [0.2, 0.25) is 11.8 Å². The Balaban J connectivity index is 0.00000261. The van der Waals surface area contributed by atoms with E-state index < -0.39 is 0 Å². The summed E-state index contributed by atoms with van der Waals surface area (Å²) in [4.78, 5) is 26.6. The summed E-state index contributed by atoms with van der Waals surface area (Å²) < 4.78 is 1.97. The first-order chi connectivity index (χ1) is 12.6. The van der Waals surface area contributed by atoms with Gasteiger partial charge in [-0.05, 0) is 64.0 Å². The quantitative estimate of drug-likeness (QED) is 0.794. The van der Waals surface area contributed by atoms with E-state index in [9.17, 15) is 9.59 Å². The fourth-order valence-electron chi connectivity index (χ4n) is 3.57. The average molecular weight is 393 g/mol. The first kappa shape index (κ1) is 21.3. The SMILES string of the molecule is CCN(CC)C(=O)Cn1ccc2cc(NC(=O)C3CCNCC3)ccc21.Cl. The van der Waals surface area contributed by atoms with E-state index in [1.54, 1.807) is 0 Å². The van der Waals surface area contributed by atoms with E-state index in [1.807, 2.05) is 53.8 Å². The lowest BCUT2D eigenvalue weighted by molar-refractivity contribution is -0.131. The number of rotatable bonds is 6. The van der Waals surface area contributed by atoms with Gasteiger partial charge in [0.25, 0.3) is 0 Å². The molecule has 2 amide bonds. The number of hydrogen-bond acceptors (Lipinski definition) is 3.